The summed E-state index contributed by atoms with van der Waals surface area (Å²) in [5, 5.41) is 51.0. The van der Waals surface area contributed by atoms with Crippen molar-refractivity contribution in [2.75, 3.05) is 40.0 Å². The number of aliphatic hydroxyl groups is 3. The molecular formula is C29H42ClN3O10. The maximum Gasteiger partial charge on any atom is 0.364 e. The van der Waals surface area contributed by atoms with Gasteiger partial charge in [0.2, 0.25) is 11.8 Å². The van der Waals surface area contributed by atoms with Gasteiger partial charge in [-0.15, -0.1) is 6.42 Å². The second kappa shape index (κ2) is 18.8. The first kappa shape index (κ1) is 36.4. The average Bonchev–Trinajstić information content (AvgIpc) is 2.97. The molecule has 0 aromatic heterocycles. The van der Waals surface area contributed by atoms with E-state index in [0.29, 0.717) is 30.0 Å². The number of terminal acetylenes is 1. The number of aliphatic hydroxyl groups excluding tert-OH is 3. The summed E-state index contributed by atoms with van der Waals surface area (Å²) in [6.45, 7) is 0.144. The van der Waals surface area contributed by atoms with Crippen LogP contribution in [-0.2, 0) is 35.0 Å². The lowest BCUT2D eigenvalue weighted by Gasteiger charge is -2.46. The van der Waals surface area contributed by atoms with Gasteiger partial charge in [-0.2, -0.15) is 0 Å². The number of hydrogen-bond acceptors (Lipinski definition) is 10. The zero-order chi connectivity index (χ0) is 31.8. The Bertz CT molecular complexity index is 1070. The van der Waals surface area contributed by atoms with Crippen LogP contribution in [0, 0.1) is 12.3 Å². The number of ether oxygens (including phenoxy) is 3. The van der Waals surface area contributed by atoms with E-state index in [1.54, 1.807) is 24.3 Å². The van der Waals surface area contributed by atoms with Crippen LogP contribution in [0.2, 0.25) is 5.02 Å². The molecule has 0 aliphatic carbocycles. The molecule has 1 aliphatic rings. The van der Waals surface area contributed by atoms with Crippen LogP contribution in [-0.4, -0.2) is 114 Å². The van der Waals surface area contributed by atoms with Gasteiger partial charge >= 0.3 is 5.97 Å². The Morgan fingerprint density at radius 2 is 1.81 bits per heavy atom. The highest BCUT2D eigenvalue weighted by Gasteiger charge is 2.55. The monoisotopic (exact) mass is 627 g/mol. The van der Waals surface area contributed by atoms with Crippen LogP contribution >= 0.6 is 11.6 Å². The van der Waals surface area contributed by atoms with Gasteiger partial charge in [-0.05, 0) is 37.6 Å². The van der Waals surface area contributed by atoms with E-state index in [0.717, 1.165) is 12.8 Å². The maximum atomic E-state index is 12.4. The SMILES string of the molecule is C#CCOCCCCCCO[C@]1(C(=O)O)C[C@H](O)[C@@H](NC(=O)CNC)[C@H]([C@H](O)[C@H](O)CNC(=O)Cc2ccc(Cl)cc2)O1. The fraction of sp³-hybridized carbons (Fsp3) is 0.621. The third kappa shape index (κ3) is 12.0. The van der Waals surface area contributed by atoms with Crippen molar-refractivity contribution in [2.24, 2.45) is 0 Å². The predicted octanol–water partition coefficient (Wildman–Crippen LogP) is -0.418. The molecule has 1 aromatic carbocycles. The molecule has 13 nitrogen and oxygen atoms in total. The van der Waals surface area contributed by atoms with Crippen molar-refractivity contribution in [1.82, 2.24) is 16.0 Å². The van der Waals surface area contributed by atoms with Crippen molar-refractivity contribution >= 4 is 29.4 Å². The zero-order valence-corrected chi connectivity index (χ0v) is 24.9. The minimum absolute atomic E-state index is 0.0186. The van der Waals surface area contributed by atoms with Crippen LogP contribution in [0.3, 0.4) is 0 Å². The highest BCUT2D eigenvalue weighted by Crippen LogP contribution is 2.34. The molecular weight excluding hydrogens is 586 g/mol. The first-order chi connectivity index (χ1) is 20.5. The lowest BCUT2D eigenvalue weighted by Crippen LogP contribution is -2.68. The van der Waals surface area contributed by atoms with E-state index >= 15 is 0 Å². The molecule has 2 rings (SSSR count). The molecule has 1 aromatic rings. The van der Waals surface area contributed by atoms with E-state index in [4.69, 9.17) is 32.2 Å². The number of likely N-dealkylation sites (N-methyl/N-ethyl adjacent to an activating group) is 1. The molecule has 0 radical (unpaired) electrons. The number of amides is 2. The molecule has 6 atom stereocenters. The van der Waals surface area contributed by atoms with Crippen LogP contribution in [0.4, 0.5) is 0 Å². The number of carbonyl (C=O) groups excluding carboxylic acids is 2. The Balaban J connectivity index is 2.07. The third-order valence-electron chi connectivity index (χ3n) is 6.78. The minimum Gasteiger partial charge on any atom is -0.477 e. The normalized spacial score (nSPS) is 23.1. The van der Waals surface area contributed by atoms with Gasteiger partial charge in [-0.25, -0.2) is 4.79 Å². The average molecular weight is 628 g/mol. The first-order valence-corrected chi connectivity index (χ1v) is 14.5. The number of carboxylic acid groups (broad SMARTS) is 1. The van der Waals surface area contributed by atoms with Crippen LogP contribution in [0.1, 0.15) is 37.7 Å². The number of hydrogen-bond donors (Lipinski definition) is 7. The fourth-order valence-corrected chi connectivity index (χ4v) is 4.67. The van der Waals surface area contributed by atoms with Crippen LogP contribution < -0.4 is 16.0 Å². The molecule has 1 aliphatic heterocycles. The fourth-order valence-electron chi connectivity index (χ4n) is 4.55. The first-order valence-electron chi connectivity index (χ1n) is 14.1. The Labute approximate surface area is 256 Å². The van der Waals surface area contributed by atoms with Crippen molar-refractivity contribution in [3.63, 3.8) is 0 Å². The number of carboxylic acids is 1. The standard InChI is InChI=1S/C29H42ClN3O10/c1-3-12-41-13-6-4-5-7-14-42-29(28(39)40)16-21(34)25(33-24(37)18-31-2)27(43-29)26(38)22(35)17-32-23(36)15-19-8-10-20(30)11-9-19/h1,8-11,21-22,25-27,31,34-35,38H,4-7,12-18H2,2H3,(H,32,36)(H,33,37)(H,39,40)/t21-,22+,25+,26+,27+,29+/m0/s1. The van der Waals surface area contributed by atoms with Gasteiger partial charge in [-0.3, -0.25) is 9.59 Å². The number of carbonyl (C=O) groups is 3. The molecule has 0 saturated carbocycles. The molecule has 0 unspecified atom stereocenters. The second-order valence-corrected chi connectivity index (χ2v) is 10.7. The largest absolute Gasteiger partial charge is 0.477 e. The quantitative estimate of drug-likeness (QED) is 0.0777. The van der Waals surface area contributed by atoms with E-state index in [1.165, 1.54) is 7.05 Å². The summed E-state index contributed by atoms with van der Waals surface area (Å²) in [7, 11) is 1.53. The molecule has 1 fully saturated rings. The van der Waals surface area contributed by atoms with E-state index in [9.17, 15) is 34.8 Å². The lowest BCUT2D eigenvalue weighted by molar-refractivity contribution is -0.310. The Morgan fingerprint density at radius 1 is 1.14 bits per heavy atom. The Kier molecular flexibility index (Phi) is 15.9. The molecule has 240 valence electrons. The Hall–Kier alpha value is -2.80. The van der Waals surface area contributed by atoms with Gasteiger partial charge < -0.3 is 50.6 Å². The van der Waals surface area contributed by atoms with Gasteiger partial charge in [0.25, 0.3) is 5.79 Å². The van der Waals surface area contributed by atoms with E-state index in [-0.39, 0.29) is 26.2 Å². The molecule has 14 heteroatoms. The van der Waals surface area contributed by atoms with Crippen molar-refractivity contribution in [2.45, 2.75) is 74.8 Å². The van der Waals surface area contributed by atoms with Crippen LogP contribution in [0.15, 0.2) is 24.3 Å². The number of aliphatic carboxylic acids is 1. The molecule has 0 spiro atoms. The van der Waals surface area contributed by atoms with Gasteiger partial charge in [-0.1, -0.05) is 42.5 Å². The maximum absolute atomic E-state index is 12.4. The van der Waals surface area contributed by atoms with Gasteiger partial charge in [0.05, 0.1) is 37.8 Å². The number of rotatable bonds is 19. The summed E-state index contributed by atoms with van der Waals surface area (Å²) >= 11 is 5.86. The van der Waals surface area contributed by atoms with Gasteiger partial charge in [0, 0.05) is 24.6 Å². The van der Waals surface area contributed by atoms with E-state index < -0.39 is 67.0 Å². The van der Waals surface area contributed by atoms with Crippen molar-refractivity contribution < 1.29 is 49.0 Å². The highest BCUT2D eigenvalue weighted by atomic mass is 35.5. The molecule has 0 bridgehead atoms. The molecule has 2 amide bonds. The summed E-state index contributed by atoms with van der Waals surface area (Å²) in [5.41, 5.74) is 0.670. The number of unbranched alkanes of at least 4 members (excludes halogenated alkanes) is 3. The third-order valence-corrected chi connectivity index (χ3v) is 7.04. The van der Waals surface area contributed by atoms with Crippen LogP contribution in [0.5, 0.6) is 0 Å². The summed E-state index contributed by atoms with van der Waals surface area (Å²) in [5.74, 6) is -2.54. The smallest absolute Gasteiger partial charge is 0.364 e. The summed E-state index contributed by atoms with van der Waals surface area (Å²) < 4.78 is 16.6. The van der Waals surface area contributed by atoms with Crippen molar-refractivity contribution in [3.8, 4) is 12.3 Å². The summed E-state index contributed by atoms with van der Waals surface area (Å²) in [6.07, 6.45) is 0.648. The topological polar surface area (TPSA) is 196 Å². The predicted molar refractivity (Wildman–Crippen MR) is 156 cm³/mol. The number of halogens is 1. The lowest BCUT2D eigenvalue weighted by atomic mass is 9.88. The number of benzene rings is 1. The molecule has 7 N–H and O–H groups in total. The second-order valence-electron chi connectivity index (χ2n) is 10.2. The molecule has 1 saturated heterocycles. The van der Waals surface area contributed by atoms with Crippen molar-refractivity contribution in [1.29, 1.82) is 0 Å². The zero-order valence-electron chi connectivity index (χ0n) is 24.2. The van der Waals surface area contributed by atoms with Gasteiger partial charge in [0.1, 0.15) is 18.8 Å². The van der Waals surface area contributed by atoms with Crippen LogP contribution in [0.25, 0.3) is 0 Å². The highest BCUT2D eigenvalue weighted by molar-refractivity contribution is 6.30. The van der Waals surface area contributed by atoms with E-state index in [2.05, 4.69) is 21.9 Å². The molecule has 43 heavy (non-hydrogen) atoms. The number of nitrogens with one attached hydrogen (secondary N) is 3. The Morgan fingerprint density at radius 3 is 2.44 bits per heavy atom. The minimum atomic E-state index is -2.36. The molecule has 1 heterocycles. The summed E-state index contributed by atoms with van der Waals surface area (Å²) in [6, 6.07) is 5.31. The summed E-state index contributed by atoms with van der Waals surface area (Å²) in [4.78, 5) is 37.1. The van der Waals surface area contributed by atoms with Gasteiger partial charge in [0.15, 0.2) is 0 Å². The van der Waals surface area contributed by atoms with E-state index in [1.807, 2.05) is 0 Å². The van der Waals surface area contributed by atoms with Crippen molar-refractivity contribution in [3.05, 3.63) is 34.9 Å².